The maximum absolute atomic E-state index is 11.5. The third kappa shape index (κ3) is 3.92. The molecule has 0 aliphatic rings. The average Bonchev–Trinajstić information content (AvgIpc) is 3.40. The number of rotatable bonds is 6. The van der Waals surface area contributed by atoms with Gasteiger partial charge in [0.2, 0.25) is 17.7 Å². The summed E-state index contributed by atoms with van der Waals surface area (Å²) in [4.78, 5) is 15.6. The van der Waals surface area contributed by atoms with Gasteiger partial charge in [-0.25, -0.2) is 9.78 Å². The summed E-state index contributed by atoms with van der Waals surface area (Å²) in [5.41, 5.74) is 7.56. The van der Waals surface area contributed by atoms with Gasteiger partial charge in [0, 0.05) is 11.1 Å². The topological polar surface area (TPSA) is 128 Å². The molecule has 0 radical (unpaired) electrons. The van der Waals surface area contributed by atoms with Gasteiger partial charge in [0.05, 0.1) is 17.3 Å². The second-order valence-electron chi connectivity index (χ2n) is 6.93. The Kier molecular flexibility index (Phi) is 4.69. The highest BCUT2D eigenvalue weighted by molar-refractivity contribution is 5.91. The fraction of sp³-hybridized carbons (Fsp3) is 0.143. The number of benzene rings is 2. The monoisotopic (exact) mass is 390 g/mol. The van der Waals surface area contributed by atoms with Gasteiger partial charge in [0.15, 0.2) is 0 Å². The van der Waals surface area contributed by atoms with E-state index in [9.17, 15) is 9.90 Å². The molecule has 4 aromatic rings. The van der Waals surface area contributed by atoms with E-state index in [1.165, 1.54) is 24.6 Å². The van der Waals surface area contributed by atoms with Gasteiger partial charge in [-0.15, -0.1) is 10.2 Å². The summed E-state index contributed by atoms with van der Waals surface area (Å²) < 4.78 is 11.1. The fourth-order valence-electron chi connectivity index (χ4n) is 3.03. The number of nitrogens with two attached hydrogens (primary N) is 1. The van der Waals surface area contributed by atoms with Crippen LogP contribution in [0.25, 0.3) is 22.9 Å². The number of carboxylic acids is 1. The zero-order valence-corrected chi connectivity index (χ0v) is 15.6. The smallest absolute Gasteiger partial charge is 0.335 e. The number of aromatic nitrogens is 3. The second-order valence-corrected chi connectivity index (χ2v) is 6.93. The van der Waals surface area contributed by atoms with Crippen molar-refractivity contribution >= 4 is 5.97 Å². The third-order valence-electron chi connectivity index (χ3n) is 4.43. The highest BCUT2D eigenvalue weighted by atomic mass is 16.4. The maximum Gasteiger partial charge on any atom is 0.335 e. The summed E-state index contributed by atoms with van der Waals surface area (Å²) >= 11 is 0. The normalized spacial score (nSPS) is 13.2. The molecule has 0 saturated heterocycles. The number of carbonyl (C=O) groups is 1. The molecule has 0 bridgehead atoms. The molecule has 0 spiro atoms. The maximum atomic E-state index is 11.5. The van der Waals surface area contributed by atoms with Gasteiger partial charge < -0.3 is 19.7 Å². The van der Waals surface area contributed by atoms with E-state index in [1.54, 1.807) is 6.07 Å². The van der Waals surface area contributed by atoms with E-state index in [1.807, 2.05) is 37.3 Å². The number of hydrogen-bond acceptors (Lipinski definition) is 7. The van der Waals surface area contributed by atoms with E-state index in [0.29, 0.717) is 23.4 Å². The van der Waals surface area contributed by atoms with Crippen LogP contribution in [-0.4, -0.2) is 26.3 Å². The van der Waals surface area contributed by atoms with E-state index < -0.39 is 11.5 Å². The molecule has 8 nitrogen and oxygen atoms in total. The molecule has 0 aliphatic carbocycles. The van der Waals surface area contributed by atoms with Crippen molar-refractivity contribution in [3.8, 4) is 22.9 Å². The van der Waals surface area contributed by atoms with Gasteiger partial charge in [0.25, 0.3) is 0 Å². The first-order valence-electron chi connectivity index (χ1n) is 8.88. The number of aromatic carboxylic acids is 1. The summed E-state index contributed by atoms with van der Waals surface area (Å²) in [5.74, 6) is -0.371. The largest absolute Gasteiger partial charge is 0.478 e. The zero-order valence-electron chi connectivity index (χ0n) is 15.6. The van der Waals surface area contributed by atoms with Crippen LogP contribution < -0.4 is 5.73 Å². The van der Waals surface area contributed by atoms with Crippen molar-refractivity contribution in [1.82, 2.24) is 15.2 Å². The standard InChI is InChI=1S/C21H18N4O4/c1-21(22,12-13-5-3-2-4-6-13)20-25-24-18(29-20)15-9-14(17-23-7-8-28-17)10-16(11-15)19(26)27/h2-11H,12,22H2,1H3,(H,26,27). The molecule has 1 unspecified atom stereocenters. The summed E-state index contributed by atoms with van der Waals surface area (Å²) in [7, 11) is 0. The molecule has 1 atom stereocenters. The van der Waals surface area contributed by atoms with E-state index in [4.69, 9.17) is 14.6 Å². The quantitative estimate of drug-likeness (QED) is 0.512. The summed E-state index contributed by atoms with van der Waals surface area (Å²) in [6, 6.07) is 14.4. The average molecular weight is 390 g/mol. The Labute approximate surface area is 166 Å². The molecule has 3 N–H and O–H groups in total. The van der Waals surface area contributed by atoms with Crippen LogP contribution in [0.4, 0.5) is 0 Å². The van der Waals surface area contributed by atoms with Crippen LogP contribution >= 0.6 is 0 Å². The van der Waals surface area contributed by atoms with Gasteiger partial charge in [-0.2, -0.15) is 0 Å². The summed E-state index contributed by atoms with van der Waals surface area (Å²) in [5, 5.41) is 17.6. The van der Waals surface area contributed by atoms with Crippen LogP contribution in [-0.2, 0) is 12.0 Å². The van der Waals surface area contributed by atoms with E-state index >= 15 is 0 Å². The lowest BCUT2D eigenvalue weighted by Crippen LogP contribution is -2.35. The van der Waals surface area contributed by atoms with Crippen molar-refractivity contribution in [2.75, 3.05) is 0 Å². The van der Waals surface area contributed by atoms with Gasteiger partial charge in [-0.05, 0) is 37.1 Å². The SMILES string of the molecule is CC(N)(Cc1ccccc1)c1nnc(-c2cc(C(=O)O)cc(-c3ncco3)c2)o1. The minimum atomic E-state index is -1.09. The van der Waals surface area contributed by atoms with Gasteiger partial charge in [0.1, 0.15) is 6.26 Å². The van der Waals surface area contributed by atoms with Crippen LogP contribution in [0.5, 0.6) is 0 Å². The van der Waals surface area contributed by atoms with Crippen LogP contribution in [0.1, 0.15) is 28.7 Å². The van der Waals surface area contributed by atoms with E-state index in [2.05, 4.69) is 15.2 Å². The van der Waals surface area contributed by atoms with Crippen molar-refractivity contribution in [2.24, 2.45) is 5.73 Å². The molecule has 0 fully saturated rings. The van der Waals surface area contributed by atoms with Crippen LogP contribution in [0.2, 0.25) is 0 Å². The van der Waals surface area contributed by atoms with Crippen molar-refractivity contribution < 1.29 is 18.7 Å². The van der Waals surface area contributed by atoms with Crippen molar-refractivity contribution in [2.45, 2.75) is 18.9 Å². The molecule has 2 aromatic carbocycles. The predicted molar refractivity (Wildman–Crippen MR) is 104 cm³/mol. The first-order valence-corrected chi connectivity index (χ1v) is 8.88. The molecule has 0 amide bonds. The highest BCUT2D eigenvalue weighted by Gasteiger charge is 2.29. The molecule has 2 aromatic heterocycles. The van der Waals surface area contributed by atoms with Gasteiger partial charge in [-0.1, -0.05) is 30.3 Å². The van der Waals surface area contributed by atoms with E-state index in [-0.39, 0.29) is 17.3 Å². The van der Waals surface area contributed by atoms with Gasteiger partial charge >= 0.3 is 5.97 Å². The van der Waals surface area contributed by atoms with Crippen LogP contribution in [0, 0.1) is 0 Å². The number of nitrogens with zero attached hydrogens (tertiary/aromatic N) is 3. The molecule has 0 aliphatic heterocycles. The molecule has 0 saturated carbocycles. The Hall–Kier alpha value is -3.78. The Morgan fingerprint density at radius 1 is 1.10 bits per heavy atom. The number of oxazole rings is 1. The summed E-state index contributed by atoms with van der Waals surface area (Å²) in [6.07, 6.45) is 3.40. The lowest BCUT2D eigenvalue weighted by Gasteiger charge is -2.20. The fourth-order valence-corrected chi connectivity index (χ4v) is 3.03. The molecule has 2 heterocycles. The molecule has 4 rings (SSSR count). The zero-order chi connectivity index (χ0) is 20.4. The lowest BCUT2D eigenvalue weighted by atomic mass is 9.94. The summed E-state index contributed by atoms with van der Waals surface area (Å²) in [6.45, 7) is 1.81. The van der Waals surface area contributed by atoms with Crippen LogP contribution in [0.3, 0.4) is 0 Å². The Morgan fingerprint density at radius 3 is 2.48 bits per heavy atom. The number of carboxylic acid groups (broad SMARTS) is 1. The number of hydrogen-bond donors (Lipinski definition) is 2. The first kappa shape index (κ1) is 18.6. The Bertz CT molecular complexity index is 1130. The minimum Gasteiger partial charge on any atom is -0.478 e. The van der Waals surface area contributed by atoms with Crippen molar-refractivity contribution in [3.63, 3.8) is 0 Å². The Morgan fingerprint density at radius 2 is 1.83 bits per heavy atom. The van der Waals surface area contributed by atoms with Crippen molar-refractivity contribution in [3.05, 3.63) is 78.0 Å². The van der Waals surface area contributed by atoms with Crippen LogP contribution in [0.15, 0.2) is 69.8 Å². The second kappa shape index (κ2) is 7.33. The molecule has 8 heteroatoms. The lowest BCUT2D eigenvalue weighted by molar-refractivity contribution is 0.0697. The first-order chi connectivity index (χ1) is 13.9. The third-order valence-corrected chi connectivity index (χ3v) is 4.43. The Balaban J connectivity index is 1.69. The minimum absolute atomic E-state index is 0.0512. The van der Waals surface area contributed by atoms with Gasteiger partial charge in [-0.3, -0.25) is 0 Å². The predicted octanol–water partition coefficient (Wildman–Crippen LogP) is 3.51. The molecular formula is C21H18N4O4. The van der Waals surface area contributed by atoms with E-state index in [0.717, 1.165) is 5.56 Å². The molecular weight excluding hydrogens is 372 g/mol. The molecule has 146 valence electrons. The highest BCUT2D eigenvalue weighted by Crippen LogP contribution is 2.29. The van der Waals surface area contributed by atoms with Crippen molar-refractivity contribution in [1.29, 1.82) is 0 Å². The molecule has 29 heavy (non-hydrogen) atoms.